The minimum atomic E-state index is -0.0501. The molecule has 2 aromatic rings. The van der Waals surface area contributed by atoms with E-state index in [0.29, 0.717) is 16.6 Å². The number of aromatic nitrogens is 1. The Kier molecular flexibility index (Phi) is 7.89. The fraction of sp³-hybridized carbons (Fsp3) is 0.429. The van der Waals surface area contributed by atoms with Crippen LogP contribution in [0, 0.1) is 5.92 Å². The second kappa shape index (κ2) is 9.15. The number of hydrogen-bond acceptors (Lipinski definition) is 5. The largest absolute Gasteiger partial charge is 0.462 e. The van der Waals surface area contributed by atoms with E-state index < -0.39 is 0 Å². The molecule has 2 aromatic heterocycles. The van der Waals surface area contributed by atoms with E-state index in [4.69, 9.17) is 4.42 Å². The number of nitrogens with zero attached hydrogens (tertiary/aromatic N) is 1. The summed E-state index contributed by atoms with van der Waals surface area (Å²) in [5.74, 6) is 1.18. The van der Waals surface area contributed by atoms with Crippen molar-refractivity contribution in [3.63, 3.8) is 0 Å². The highest BCUT2D eigenvalue weighted by Crippen LogP contribution is 2.25. The van der Waals surface area contributed by atoms with Gasteiger partial charge < -0.3 is 15.1 Å². The second-order valence-electron chi connectivity index (χ2n) is 4.93. The summed E-state index contributed by atoms with van der Waals surface area (Å²) in [6.07, 6.45) is 5.57. The molecule has 3 rings (SSSR count). The molecule has 1 aliphatic heterocycles. The molecule has 0 aromatic carbocycles. The molecule has 0 radical (unpaired) electrons. The van der Waals surface area contributed by atoms with Gasteiger partial charge in [0.1, 0.15) is 4.88 Å². The SMILES string of the molecule is Cl.Cl.O=C(NCC1CCCNC1)c1cnc(-c2ccco2)s1. The zero-order valence-corrected chi connectivity index (χ0v) is 14.4. The van der Waals surface area contributed by atoms with Crippen molar-refractivity contribution in [3.8, 4) is 10.8 Å². The number of carbonyl (C=O) groups is 1. The summed E-state index contributed by atoms with van der Waals surface area (Å²) in [7, 11) is 0. The third-order valence-corrected chi connectivity index (χ3v) is 4.42. The van der Waals surface area contributed by atoms with Crippen LogP contribution < -0.4 is 10.6 Å². The van der Waals surface area contributed by atoms with Crippen molar-refractivity contribution in [1.82, 2.24) is 15.6 Å². The van der Waals surface area contributed by atoms with E-state index in [1.165, 1.54) is 24.2 Å². The highest BCUT2D eigenvalue weighted by atomic mass is 35.5. The van der Waals surface area contributed by atoms with Gasteiger partial charge in [0.15, 0.2) is 10.8 Å². The maximum atomic E-state index is 12.1. The molecular formula is C14H19Cl2N3O2S. The van der Waals surface area contributed by atoms with E-state index in [0.717, 1.165) is 24.6 Å². The smallest absolute Gasteiger partial charge is 0.263 e. The molecule has 3 heterocycles. The van der Waals surface area contributed by atoms with Crippen molar-refractivity contribution in [3.05, 3.63) is 29.5 Å². The predicted molar refractivity (Wildman–Crippen MR) is 92.2 cm³/mol. The Morgan fingerprint density at radius 1 is 1.50 bits per heavy atom. The Balaban J connectivity index is 0.00000121. The Hall–Kier alpha value is -1.08. The summed E-state index contributed by atoms with van der Waals surface area (Å²) >= 11 is 1.35. The third-order valence-electron chi connectivity index (χ3n) is 3.41. The van der Waals surface area contributed by atoms with Gasteiger partial charge in [-0.05, 0) is 44.0 Å². The molecule has 0 saturated carbocycles. The van der Waals surface area contributed by atoms with Crippen LogP contribution in [0.15, 0.2) is 29.0 Å². The summed E-state index contributed by atoms with van der Waals surface area (Å²) in [5, 5.41) is 7.07. The average Bonchev–Trinajstić information content (AvgIpc) is 3.16. The lowest BCUT2D eigenvalue weighted by molar-refractivity contribution is 0.0948. The topological polar surface area (TPSA) is 67.2 Å². The summed E-state index contributed by atoms with van der Waals surface area (Å²) < 4.78 is 5.28. The normalized spacial score (nSPS) is 17.2. The summed E-state index contributed by atoms with van der Waals surface area (Å²) in [6, 6.07) is 3.65. The van der Waals surface area contributed by atoms with Gasteiger partial charge in [0.25, 0.3) is 5.91 Å². The fourth-order valence-corrected chi connectivity index (χ4v) is 3.12. The summed E-state index contributed by atoms with van der Waals surface area (Å²) in [5.41, 5.74) is 0. The van der Waals surface area contributed by atoms with Crippen LogP contribution in [-0.4, -0.2) is 30.5 Å². The zero-order valence-electron chi connectivity index (χ0n) is 11.9. The standard InChI is InChI=1S/C14H17N3O2S.2ClH/c18-13(16-8-10-3-1-5-15-7-10)12-9-17-14(20-12)11-4-2-6-19-11;;/h2,4,6,9-10,15H,1,3,5,7-8H2,(H,16,18);2*1H. The molecule has 5 nitrogen and oxygen atoms in total. The first-order valence-corrected chi connectivity index (χ1v) is 7.63. The molecule has 122 valence electrons. The van der Waals surface area contributed by atoms with E-state index in [1.807, 2.05) is 12.1 Å². The van der Waals surface area contributed by atoms with Crippen molar-refractivity contribution < 1.29 is 9.21 Å². The van der Waals surface area contributed by atoms with Crippen LogP contribution in [0.4, 0.5) is 0 Å². The zero-order chi connectivity index (χ0) is 13.8. The first-order chi connectivity index (χ1) is 9.83. The van der Waals surface area contributed by atoms with E-state index in [2.05, 4.69) is 15.6 Å². The third kappa shape index (κ3) is 4.71. The molecule has 0 aliphatic carbocycles. The van der Waals surface area contributed by atoms with Crippen molar-refractivity contribution in [2.24, 2.45) is 5.92 Å². The first kappa shape index (κ1) is 19.0. The first-order valence-electron chi connectivity index (χ1n) is 6.81. The number of nitrogens with one attached hydrogen (secondary N) is 2. The number of rotatable bonds is 4. The lowest BCUT2D eigenvalue weighted by Gasteiger charge is -2.22. The molecule has 2 N–H and O–H groups in total. The summed E-state index contributed by atoms with van der Waals surface area (Å²) in [4.78, 5) is 16.9. The average molecular weight is 364 g/mol. The quantitative estimate of drug-likeness (QED) is 0.875. The highest BCUT2D eigenvalue weighted by molar-refractivity contribution is 7.16. The lowest BCUT2D eigenvalue weighted by atomic mass is 10.00. The molecule has 1 atom stereocenters. The van der Waals surface area contributed by atoms with Gasteiger partial charge >= 0.3 is 0 Å². The number of amides is 1. The Morgan fingerprint density at radius 2 is 2.36 bits per heavy atom. The van der Waals surface area contributed by atoms with Crippen molar-refractivity contribution in [1.29, 1.82) is 0 Å². The molecular weight excluding hydrogens is 345 g/mol. The minimum Gasteiger partial charge on any atom is -0.462 e. The van der Waals surface area contributed by atoms with E-state index in [1.54, 1.807) is 12.5 Å². The molecule has 1 aliphatic rings. The van der Waals surface area contributed by atoms with E-state index in [9.17, 15) is 4.79 Å². The fourth-order valence-electron chi connectivity index (χ4n) is 2.32. The molecule has 8 heteroatoms. The maximum absolute atomic E-state index is 12.1. The number of furan rings is 1. The van der Waals surface area contributed by atoms with Gasteiger partial charge in [-0.2, -0.15) is 0 Å². The monoisotopic (exact) mass is 363 g/mol. The van der Waals surface area contributed by atoms with Crippen molar-refractivity contribution >= 4 is 42.1 Å². The van der Waals surface area contributed by atoms with Crippen LogP contribution in [0.5, 0.6) is 0 Å². The van der Waals surface area contributed by atoms with Crippen LogP contribution in [0.2, 0.25) is 0 Å². The summed E-state index contributed by atoms with van der Waals surface area (Å²) in [6.45, 7) is 2.80. The van der Waals surface area contributed by atoms with Crippen LogP contribution in [0.25, 0.3) is 10.8 Å². The van der Waals surface area contributed by atoms with E-state index in [-0.39, 0.29) is 30.7 Å². The van der Waals surface area contributed by atoms with Crippen LogP contribution >= 0.6 is 36.2 Å². The molecule has 1 fully saturated rings. The van der Waals surface area contributed by atoms with Gasteiger partial charge in [-0.15, -0.1) is 36.2 Å². The Bertz CT molecular complexity index is 568. The maximum Gasteiger partial charge on any atom is 0.263 e. The number of hydrogen-bond donors (Lipinski definition) is 2. The predicted octanol–water partition coefficient (Wildman–Crippen LogP) is 2.98. The molecule has 0 spiro atoms. The van der Waals surface area contributed by atoms with Gasteiger partial charge in [-0.3, -0.25) is 4.79 Å². The molecule has 22 heavy (non-hydrogen) atoms. The molecule has 0 bridgehead atoms. The van der Waals surface area contributed by atoms with Crippen LogP contribution in [0.1, 0.15) is 22.5 Å². The highest BCUT2D eigenvalue weighted by Gasteiger charge is 2.16. The van der Waals surface area contributed by atoms with Crippen LogP contribution in [0.3, 0.4) is 0 Å². The van der Waals surface area contributed by atoms with Gasteiger partial charge in [-0.1, -0.05) is 0 Å². The van der Waals surface area contributed by atoms with Gasteiger partial charge in [0.2, 0.25) is 0 Å². The molecule has 1 amide bonds. The lowest BCUT2D eigenvalue weighted by Crippen LogP contribution is -2.37. The number of halogens is 2. The van der Waals surface area contributed by atoms with Gasteiger partial charge in [0.05, 0.1) is 12.5 Å². The Labute approximate surface area is 145 Å². The van der Waals surface area contributed by atoms with E-state index >= 15 is 0 Å². The molecule has 1 unspecified atom stereocenters. The van der Waals surface area contributed by atoms with Crippen molar-refractivity contribution in [2.45, 2.75) is 12.8 Å². The van der Waals surface area contributed by atoms with Crippen molar-refractivity contribution in [2.75, 3.05) is 19.6 Å². The number of thiazole rings is 1. The number of carbonyl (C=O) groups excluding carboxylic acids is 1. The molecule has 1 saturated heterocycles. The second-order valence-corrected chi connectivity index (χ2v) is 5.96. The minimum absolute atomic E-state index is 0. The van der Waals surface area contributed by atoms with Crippen LogP contribution in [-0.2, 0) is 0 Å². The van der Waals surface area contributed by atoms with Gasteiger partial charge in [0, 0.05) is 6.54 Å². The Morgan fingerprint density at radius 3 is 3.05 bits per heavy atom. The number of piperidine rings is 1. The van der Waals surface area contributed by atoms with Gasteiger partial charge in [-0.25, -0.2) is 4.98 Å².